The molecule has 0 N–H and O–H groups in total. The molecular formula is C23H20N2O3. The van der Waals surface area contributed by atoms with Gasteiger partial charge in [-0.05, 0) is 66.6 Å². The number of benzene rings is 3. The van der Waals surface area contributed by atoms with E-state index < -0.39 is 0 Å². The molecule has 140 valence electrons. The van der Waals surface area contributed by atoms with Crippen LogP contribution in [0.5, 0.6) is 11.5 Å². The molecule has 0 radical (unpaired) electrons. The van der Waals surface area contributed by atoms with Gasteiger partial charge in [-0.3, -0.25) is 0 Å². The van der Waals surface area contributed by atoms with E-state index in [0.717, 1.165) is 22.6 Å². The highest BCUT2D eigenvalue weighted by Gasteiger charge is 2.11. The van der Waals surface area contributed by atoms with Crippen LogP contribution in [0.4, 0.5) is 0 Å². The van der Waals surface area contributed by atoms with Crippen molar-refractivity contribution in [1.82, 2.24) is 10.1 Å². The van der Waals surface area contributed by atoms with Crippen molar-refractivity contribution in [3.8, 4) is 34.3 Å². The van der Waals surface area contributed by atoms with E-state index in [2.05, 4.69) is 29.2 Å². The highest BCUT2D eigenvalue weighted by Crippen LogP contribution is 2.25. The number of aromatic nitrogens is 2. The van der Waals surface area contributed by atoms with Crippen molar-refractivity contribution in [3.05, 3.63) is 83.9 Å². The maximum absolute atomic E-state index is 5.88. The first kappa shape index (κ1) is 17.8. The summed E-state index contributed by atoms with van der Waals surface area (Å²) in [6.45, 7) is 2.62. The van der Waals surface area contributed by atoms with E-state index in [1.54, 1.807) is 7.11 Å². The molecule has 0 aliphatic heterocycles. The van der Waals surface area contributed by atoms with E-state index in [9.17, 15) is 0 Å². The molecule has 0 saturated heterocycles. The molecule has 0 unspecified atom stereocenters. The van der Waals surface area contributed by atoms with Crippen LogP contribution in [-0.2, 0) is 6.61 Å². The van der Waals surface area contributed by atoms with Gasteiger partial charge in [0, 0.05) is 11.1 Å². The van der Waals surface area contributed by atoms with E-state index in [1.807, 2.05) is 60.7 Å². The van der Waals surface area contributed by atoms with Crippen LogP contribution < -0.4 is 9.47 Å². The first-order valence-electron chi connectivity index (χ1n) is 8.99. The Hall–Kier alpha value is -3.60. The molecule has 1 aromatic heterocycles. The lowest BCUT2D eigenvalue weighted by atomic mass is 10.1. The van der Waals surface area contributed by atoms with Crippen LogP contribution in [0.3, 0.4) is 0 Å². The van der Waals surface area contributed by atoms with Gasteiger partial charge in [0.15, 0.2) is 0 Å². The minimum atomic E-state index is 0.470. The molecular weight excluding hydrogens is 352 g/mol. The number of aryl methyl sites for hydroxylation is 1. The standard InChI is InChI=1S/C23H20N2O3/c1-16-5-3-4-6-19(16)15-27-21-13-7-17(8-14-21)22-24-23(28-25-22)18-9-11-20(26-2)12-10-18/h3-14H,15H2,1-2H3. The van der Waals surface area contributed by atoms with Crippen molar-refractivity contribution in [2.45, 2.75) is 13.5 Å². The summed E-state index contributed by atoms with van der Waals surface area (Å²) < 4.78 is 16.4. The monoisotopic (exact) mass is 372 g/mol. The van der Waals surface area contributed by atoms with Crippen LogP contribution in [0.2, 0.25) is 0 Å². The average molecular weight is 372 g/mol. The molecule has 4 rings (SSSR count). The molecule has 0 fully saturated rings. The van der Waals surface area contributed by atoms with Gasteiger partial charge < -0.3 is 14.0 Å². The van der Waals surface area contributed by atoms with Crippen LogP contribution in [0.25, 0.3) is 22.8 Å². The number of methoxy groups -OCH3 is 1. The number of hydrogen-bond acceptors (Lipinski definition) is 5. The summed E-state index contributed by atoms with van der Waals surface area (Å²) in [7, 11) is 1.63. The third kappa shape index (κ3) is 3.88. The predicted molar refractivity (Wildman–Crippen MR) is 107 cm³/mol. The van der Waals surface area contributed by atoms with Crippen LogP contribution in [0.15, 0.2) is 77.3 Å². The van der Waals surface area contributed by atoms with Crippen molar-refractivity contribution in [2.75, 3.05) is 7.11 Å². The Labute approximate surface area is 163 Å². The van der Waals surface area contributed by atoms with Gasteiger partial charge in [-0.15, -0.1) is 0 Å². The molecule has 3 aromatic carbocycles. The smallest absolute Gasteiger partial charge is 0.258 e. The summed E-state index contributed by atoms with van der Waals surface area (Å²) >= 11 is 0. The second kappa shape index (κ2) is 7.96. The second-order valence-electron chi connectivity index (χ2n) is 6.39. The third-order valence-corrected chi connectivity index (χ3v) is 4.53. The molecule has 0 amide bonds. The minimum absolute atomic E-state index is 0.470. The Morgan fingerprint density at radius 1 is 0.821 bits per heavy atom. The molecule has 0 aliphatic rings. The fourth-order valence-electron chi connectivity index (χ4n) is 2.82. The van der Waals surface area contributed by atoms with Crippen molar-refractivity contribution >= 4 is 0 Å². The number of nitrogens with zero attached hydrogens (tertiary/aromatic N) is 2. The topological polar surface area (TPSA) is 57.4 Å². The summed E-state index contributed by atoms with van der Waals surface area (Å²) in [5.74, 6) is 2.59. The van der Waals surface area contributed by atoms with E-state index >= 15 is 0 Å². The third-order valence-electron chi connectivity index (χ3n) is 4.53. The van der Waals surface area contributed by atoms with E-state index in [1.165, 1.54) is 11.1 Å². The Kier molecular flexibility index (Phi) is 5.06. The summed E-state index contributed by atoms with van der Waals surface area (Å²) in [6, 6.07) is 23.4. The fourth-order valence-corrected chi connectivity index (χ4v) is 2.82. The first-order chi connectivity index (χ1) is 13.7. The molecule has 1 heterocycles. The Morgan fingerprint density at radius 3 is 2.21 bits per heavy atom. The number of hydrogen-bond donors (Lipinski definition) is 0. The Balaban J connectivity index is 1.45. The average Bonchev–Trinajstić information content (AvgIpc) is 3.24. The minimum Gasteiger partial charge on any atom is -0.497 e. The van der Waals surface area contributed by atoms with E-state index in [0.29, 0.717) is 18.3 Å². The normalized spacial score (nSPS) is 10.6. The molecule has 5 nitrogen and oxygen atoms in total. The zero-order valence-electron chi connectivity index (χ0n) is 15.8. The van der Waals surface area contributed by atoms with Gasteiger partial charge in [0.2, 0.25) is 5.82 Å². The fraction of sp³-hybridized carbons (Fsp3) is 0.130. The van der Waals surface area contributed by atoms with Gasteiger partial charge in [0.05, 0.1) is 7.11 Å². The highest BCUT2D eigenvalue weighted by molar-refractivity contribution is 5.60. The molecule has 0 atom stereocenters. The molecule has 0 bridgehead atoms. The summed E-state index contributed by atoms with van der Waals surface area (Å²) in [5.41, 5.74) is 4.11. The summed E-state index contributed by atoms with van der Waals surface area (Å²) in [6.07, 6.45) is 0. The SMILES string of the molecule is COc1ccc(-c2nc(-c3ccc(OCc4ccccc4C)cc3)no2)cc1. The largest absolute Gasteiger partial charge is 0.497 e. The van der Waals surface area contributed by atoms with Gasteiger partial charge in [0.1, 0.15) is 18.1 Å². The van der Waals surface area contributed by atoms with Crippen molar-refractivity contribution in [1.29, 1.82) is 0 Å². The van der Waals surface area contributed by atoms with Crippen LogP contribution in [0, 0.1) is 6.92 Å². The van der Waals surface area contributed by atoms with Crippen LogP contribution in [0.1, 0.15) is 11.1 Å². The van der Waals surface area contributed by atoms with Gasteiger partial charge in [-0.1, -0.05) is 29.4 Å². The van der Waals surface area contributed by atoms with Crippen molar-refractivity contribution < 1.29 is 14.0 Å². The molecule has 0 aliphatic carbocycles. The lowest BCUT2D eigenvalue weighted by molar-refractivity contribution is 0.305. The van der Waals surface area contributed by atoms with Crippen LogP contribution >= 0.6 is 0 Å². The first-order valence-corrected chi connectivity index (χ1v) is 8.99. The highest BCUT2D eigenvalue weighted by atomic mass is 16.5. The lowest BCUT2D eigenvalue weighted by Crippen LogP contribution is -1.97. The summed E-state index contributed by atoms with van der Waals surface area (Å²) in [4.78, 5) is 4.48. The predicted octanol–water partition coefficient (Wildman–Crippen LogP) is 5.30. The number of ether oxygens (including phenoxy) is 2. The number of rotatable bonds is 6. The van der Waals surface area contributed by atoms with Gasteiger partial charge >= 0.3 is 0 Å². The maximum Gasteiger partial charge on any atom is 0.258 e. The van der Waals surface area contributed by atoms with Crippen LogP contribution in [-0.4, -0.2) is 17.3 Å². The molecule has 28 heavy (non-hydrogen) atoms. The lowest BCUT2D eigenvalue weighted by Gasteiger charge is -2.08. The van der Waals surface area contributed by atoms with Gasteiger partial charge in [0.25, 0.3) is 5.89 Å². The maximum atomic E-state index is 5.88. The van der Waals surface area contributed by atoms with Crippen molar-refractivity contribution in [3.63, 3.8) is 0 Å². The molecule has 5 heteroatoms. The second-order valence-corrected chi connectivity index (χ2v) is 6.39. The Morgan fingerprint density at radius 2 is 1.50 bits per heavy atom. The van der Waals surface area contributed by atoms with Gasteiger partial charge in [-0.2, -0.15) is 4.98 Å². The molecule has 0 spiro atoms. The Bertz CT molecular complexity index is 1050. The zero-order chi connectivity index (χ0) is 19.3. The molecule has 0 saturated carbocycles. The zero-order valence-corrected chi connectivity index (χ0v) is 15.8. The molecule has 4 aromatic rings. The van der Waals surface area contributed by atoms with E-state index in [4.69, 9.17) is 14.0 Å². The van der Waals surface area contributed by atoms with E-state index in [-0.39, 0.29) is 0 Å². The summed E-state index contributed by atoms with van der Waals surface area (Å²) in [5, 5.41) is 4.08. The quantitative estimate of drug-likeness (QED) is 0.460. The van der Waals surface area contributed by atoms with Gasteiger partial charge in [-0.25, -0.2) is 0 Å². The van der Waals surface area contributed by atoms with Crippen molar-refractivity contribution in [2.24, 2.45) is 0 Å².